The Morgan fingerprint density at radius 1 is 0.410 bits per heavy atom. The first-order valence-electron chi connectivity index (χ1n) is 13.7. The van der Waals surface area contributed by atoms with E-state index in [1.54, 1.807) is 0 Å². The number of hydrogen-bond acceptors (Lipinski definition) is 0. The molecular formula is C38H31Br. The van der Waals surface area contributed by atoms with Crippen molar-refractivity contribution >= 4 is 37.5 Å². The van der Waals surface area contributed by atoms with Crippen LogP contribution in [-0.4, -0.2) is 0 Å². The van der Waals surface area contributed by atoms with Crippen molar-refractivity contribution in [3.8, 4) is 22.3 Å². The fourth-order valence-electron chi connectivity index (χ4n) is 7.02. The summed E-state index contributed by atoms with van der Waals surface area (Å²) in [7, 11) is 0. The summed E-state index contributed by atoms with van der Waals surface area (Å²) < 4.78 is 1.17. The maximum Gasteiger partial charge on any atom is 0.0254 e. The van der Waals surface area contributed by atoms with Crippen molar-refractivity contribution in [2.45, 2.75) is 38.5 Å². The molecule has 0 atom stereocenters. The van der Waals surface area contributed by atoms with Gasteiger partial charge in [0, 0.05) is 15.3 Å². The van der Waals surface area contributed by atoms with E-state index in [1.165, 1.54) is 70.5 Å². The van der Waals surface area contributed by atoms with Gasteiger partial charge in [0.1, 0.15) is 0 Å². The Morgan fingerprint density at radius 2 is 0.872 bits per heavy atom. The quantitative estimate of drug-likeness (QED) is 0.171. The summed E-state index contributed by atoms with van der Waals surface area (Å²) in [5, 5.41) is 5.47. The SMILES string of the molecule is CC1(C)c2ccccc2-c2ccc(Br)c3cccc1c23.CC1(C)c2ccccc2-c2cccc3cccc1c23. The third kappa shape index (κ3) is 3.49. The van der Waals surface area contributed by atoms with E-state index in [2.05, 4.69) is 159 Å². The molecule has 0 heterocycles. The summed E-state index contributed by atoms with van der Waals surface area (Å²) in [6.45, 7) is 9.31. The second kappa shape index (κ2) is 8.66. The van der Waals surface area contributed by atoms with Crippen LogP contribution in [0.2, 0.25) is 0 Å². The minimum absolute atomic E-state index is 0.0455. The Kier molecular flexibility index (Phi) is 5.41. The lowest BCUT2D eigenvalue weighted by atomic mass is 9.68. The molecule has 39 heavy (non-hydrogen) atoms. The van der Waals surface area contributed by atoms with E-state index in [4.69, 9.17) is 0 Å². The molecule has 0 unspecified atom stereocenters. The molecule has 0 aromatic heterocycles. The Labute approximate surface area is 239 Å². The summed E-state index contributed by atoms with van der Waals surface area (Å²) in [4.78, 5) is 0. The zero-order chi connectivity index (χ0) is 26.9. The van der Waals surface area contributed by atoms with Gasteiger partial charge >= 0.3 is 0 Å². The predicted octanol–water partition coefficient (Wildman–Crippen LogP) is 11.1. The molecule has 0 spiro atoms. The zero-order valence-electron chi connectivity index (χ0n) is 22.8. The summed E-state index contributed by atoms with van der Waals surface area (Å²) in [6, 6.07) is 41.9. The Bertz CT molecular complexity index is 1920. The molecule has 190 valence electrons. The first-order valence-corrected chi connectivity index (χ1v) is 14.5. The third-order valence-corrected chi connectivity index (χ3v) is 9.71. The maximum atomic E-state index is 3.70. The van der Waals surface area contributed by atoms with Gasteiger partial charge in [-0.2, -0.15) is 0 Å². The minimum atomic E-state index is 0.0455. The molecule has 2 aliphatic carbocycles. The summed E-state index contributed by atoms with van der Waals surface area (Å²) >= 11 is 3.70. The molecule has 0 saturated carbocycles. The van der Waals surface area contributed by atoms with Crippen LogP contribution in [0.4, 0.5) is 0 Å². The molecular weight excluding hydrogens is 536 g/mol. The van der Waals surface area contributed by atoms with Gasteiger partial charge in [0.15, 0.2) is 0 Å². The average Bonchev–Trinajstić information content (AvgIpc) is 2.96. The van der Waals surface area contributed by atoms with Gasteiger partial charge in [0.2, 0.25) is 0 Å². The molecule has 0 aliphatic heterocycles. The zero-order valence-corrected chi connectivity index (χ0v) is 24.4. The van der Waals surface area contributed by atoms with Gasteiger partial charge in [-0.25, -0.2) is 0 Å². The molecule has 0 saturated heterocycles. The van der Waals surface area contributed by atoms with Crippen molar-refractivity contribution in [3.63, 3.8) is 0 Å². The van der Waals surface area contributed by atoms with Crippen LogP contribution >= 0.6 is 15.9 Å². The fourth-order valence-corrected chi connectivity index (χ4v) is 7.48. The first kappa shape index (κ1) is 24.4. The molecule has 0 amide bonds. The fraction of sp³-hybridized carbons (Fsp3) is 0.158. The number of benzene rings is 6. The molecule has 0 fully saturated rings. The van der Waals surface area contributed by atoms with Crippen LogP contribution in [-0.2, 0) is 10.8 Å². The number of halogens is 1. The van der Waals surface area contributed by atoms with E-state index in [1.807, 2.05) is 0 Å². The van der Waals surface area contributed by atoms with Crippen LogP contribution in [0.5, 0.6) is 0 Å². The normalized spacial score (nSPS) is 15.2. The van der Waals surface area contributed by atoms with Gasteiger partial charge in [-0.3, -0.25) is 0 Å². The third-order valence-electron chi connectivity index (χ3n) is 9.02. The van der Waals surface area contributed by atoms with Crippen molar-refractivity contribution < 1.29 is 0 Å². The molecule has 6 aromatic rings. The van der Waals surface area contributed by atoms with E-state index in [-0.39, 0.29) is 10.8 Å². The van der Waals surface area contributed by atoms with Crippen LogP contribution < -0.4 is 0 Å². The van der Waals surface area contributed by atoms with Crippen LogP contribution in [0.25, 0.3) is 43.8 Å². The van der Waals surface area contributed by atoms with E-state index >= 15 is 0 Å². The molecule has 6 aromatic carbocycles. The van der Waals surface area contributed by atoms with Crippen LogP contribution in [0.1, 0.15) is 49.9 Å². The van der Waals surface area contributed by atoms with Gasteiger partial charge in [-0.05, 0) is 72.1 Å². The highest BCUT2D eigenvalue weighted by Crippen LogP contribution is 2.50. The predicted molar refractivity (Wildman–Crippen MR) is 171 cm³/mol. The van der Waals surface area contributed by atoms with E-state index < -0.39 is 0 Å². The topological polar surface area (TPSA) is 0 Å². The van der Waals surface area contributed by atoms with Gasteiger partial charge in [0.05, 0.1) is 0 Å². The first-order chi connectivity index (χ1) is 18.8. The lowest BCUT2D eigenvalue weighted by Crippen LogP contribution is -2.23. The molecule has 1 heteroatoms. The van der Waals surface area contributed by atoms with Crippen molar-refractivity contribution in [2.75, 3.05) is 0 Å². The smallest absolute Gasteiger partial charge is 0.0254 e. The molecule has 0 nitrogen and oxygen atoms in total. The Hall–Kier alpha value is -3.68. The second-order valence-electron chi connectivity index (χ2n) is 11.9. The van der Waals surface area contributed by atoms with Crippen LogP contribution in [0, 0.1) is 0 Å². The summed E-state index contributed by atoms with van der Waals surface area (Å²) in [5.74, 6) is 0. The summed E-state index contributed by atoms with van der Waals surface area (Å²) in [5.41, 5.74) is 11.3. The molecule has 0 radical (unpaired) electrons. The van der Waals surface area contributed by atoms with Gasteiger partial charge in [-0.1, -0.05) is 153 Å². The van der Waals surface area contributed by atoms with E-state index in [9.17, 15) is 0 Å². The van der Waals surface area contributed by atoms with Crippen LogP contribution in [0.15, 0.2) is 120 Å². The monoisotopic (exact) mass is 566 g/mol. The molecule has 2 aliphatic rings. The standard InChI is InChI=1S/C19H15Br.C19H16/c1-19(2)15-8-4-3-6-12(15)13-10-11-17(20)14-7-5-9-16(19)18(13)14;1-19(2)16-11-4-3-9-14(16)15-10-5-7-13-8-6-12-17(19)18(13)15/h3-11H,1-2H3;3-12H,1-2H3. The van der Waals surface area contributed by atoms with Crippen molar-refractivity contribution in [3.05, 3.63) is 142 Å². The van der Waals surface area contributed by atoms with E-state index in [0.29, 0.717) is 0 Å². The van der Waals surface area contributed by atoms with Crippen molar-refractivity contribution in [1.29, 1.82) is 0 Å². The average molecular weight is 568 g/mol. The van der Waals surface area contributed by atoms with Crippen molar-refractivity contribution in [2.24, 2.45) is 0 Å². The molecule has 0 N–H and O–H groups in total. The van der Waals surface area contributed by atoms with Crippen LogP contribution in [0.3, 0.4) is 0 Å². The highest BCUT2D eigenvalue weighted by Gasteiger charge is 2.34. The van der Waals surface area contributed by atoms with E-state index in [0.717, 1.165) is 0 Å². The maximum absolute atomic E-state index is 3.70. The van der Waals surface area contributed by atoms with Gasteiger partial charge in [-0.15, -0.1) is 0 Å². The number of rotatable bonds is 0. The highest BCUT2D eigenvalue weighted by molar-refractivity contribution is 9.10. The largest absolute Gasteiger partial charge is 0.0619 e. The molecule has 0 bridgehead atoms. The summed E-state index contributed by atoms with van der Waals surface area (Å²) in [6.07, 6.45) is 0. The lowest BCUT2D eigenvalue weighted by Gasteiger charge is -2.35. The van der Waals surface area contributed by atoms with Gasteiger partial charge < -0.3 is 0 Å². The van der Waals surface area contributed by atoms with Gasteiger partial charge in [0.25, 0.3) is 0 Å². The number of fused-ring (bicyclic) bond motifs is 4. The number of hydrogen-bond donors (Lipinski definition) is 0. The Balaban J connectivity index is 0.000000130. The lowest BCUT2D eigenvalue weighted by molar-refractivity contribution is 0.645. The minimum Gasteiger partial charge on any atom is -0.0619 e. The van der Waals surface area contributed by atoms with Crippen molar-refractivity contribution in [1.82, 2.24) is 0 Å². The highest BCUT2D eigenvalue weighted by atomic mass is 79.9. The Morgan fingerprint density at radius 3 is 1.51 bits per heavy atom. The molecule has 8 rings (SSSR count). The second-order valence-corrected chi connectivity index (χ2v) is 12.7.